The van der Waals surface area contributed by atoms with Crippen LogP contribution in [0.25, 0.3) is 10.8 Å². The van der Waals surface area contributed by atoms with Gasteiger partial charge >= 0.3 is 0 Å². The summed E-state index contributed by atoms with van der Waals surface area (Å²) >= 11 is 0. The van der Waals surface area contributed by atoms with Gasteiger partial charge < -0.3 is 10.1 Å². The Morgan fingerprint density at radius 2 is 1.76 bits per heavy atom. The Hall–Kier alpha value is -1.00. The number of methoxy groups -OCH3 is 1. The molecule has 5 heteroatoms. The first kappa shape index (κ1) is 22.0. The fourth-order valence-corrected chi connectivity index (χ4v) is 3.77. The first-order valence-electron chi connectivity index (χ1n) is 8.76. The van der Waals surface area contributed by atoms with E-state index in [0.717, 1.165) is 31.9 Å². The molecule has 1 aliphatic rings. The smallest absolute Gasteiger partial charge is 0.124 e. The van der Waals surface area contributed by atoms with Crippen molar-refractivity contribution in [2.24, 2.45) is 5.92 Å². The lowest BCUT2D eigenvalue weighted by atomic mass is 9.87. The third-order valence-corrected chi connectivity index (χ3v) is 5.17. The van der Waals surface area contributed by atoms with Crippen molar-refractivity contribution in [1.82, 2.24) is 10.2 Å². The van der Waals surface area contributed by atoms with Gasteiger partial charge in [0.25, 0.3) is 0 Å². The second-order valence-electron chi connectivity index (χ2n) is 6.52. The minimum atomic E-state index is 0. The van der Waals surface area contributed by atoms with Crippen molar-refractivity contribution in [2.45, 2.75) is 26.3 Å². The first-order chi connectivity index (χ1) is 11.3. The molecule has 1 saturated heterocycles. The fraction of sp³-hybridized carbons (Fsp3) is 0.500. The summed E-state index contributed by atoms with van der Waals surface area (Å²) in [4.78, 5) is 2.63. The van der Waals surface area contributed by atoms with Crippen LogP contribution in [0.1, 0.15) is 31.9 Å². The maximum Gasteiger partial charge on any atom is 0.124 e. The maximum atomic E-state index is 5.78. The minimum absolute atomic E-state index is 0. The summed E-state index contributed by atoms with van der Waals surface area (Å²) in [5, 5.41) is 6.10. The third kappa shape index (κ3) is 4.59. The highest BCUT2D eigenvalue weighted by Crippen LogP contribution is 2.40. The van der Waals surface area contributed by atoms with Crippen molar-refractivity contribution in [2.75, 3.05) is 33.3 Å². The van der Waals surface area contributed by atoms with Crippen LogP contribution in [0.15, 0.2) is 36.4 Å². The number of hydrogen-bond donors (Lipinski definition) is 1. The Labute approximate surface area is 163 Å². The third-order valence-electron chi connectivity index (χ3n) is 5.17. The predicted octanol–water partition coefficient (Wildman–Crippen LogP) is 4.68. The van der Waals surface area contributed by atoms with Gasteiger partial charge in [0.1, 0.15) is 5.75 Å². The minimum Gasteiger partial charge on any atom is -0.496 e. The van der Waals surface area contributed by atoms with E-state index >= 15 is 0 Å². The van der Waals surface area contributed by atoms with Crippen molar-refractivity contribution < 1.29 is 4.74 Å². The summed E-state index contributed by atoms with van der Waals surface area (Å²) in [5.74, 6) is 1.61. The number of hydrogen-bond acceptors (Lipinski definition) is 3. The van der Waals surface area contributed by atoms with Crippen molar-refractivity contribution in [3.05, 3.63) is 42.0 Å². The molecule has 0 amide bonds. The highest BCUT2D eigenvalue weighted by molar-refractivity contribution is 5.88. The number of fused-ring (bicyclic) bond motifs is 1. The predicted molar refractivity (Wildman–Crippen MR) is 112 cm³/mol. The van der Waals surface area contributed by atoms with Crippen LogP contribution in [0, 0.1) is 5.92 Å². The molecule has 1 N–H and O–H groups in total. The van der Waals surface area contributed by atoms with Gasteiger partial charge in [-0.25, -0.2) is 0 Å². The van der Waals surface area contributed by atoms with Crippen molar-refractivity contribution in [3.63, 3.8) is 0 Å². The molecular formula is C20H30Cl2N2O. The Bertz CT molecular complexity index is 659. The number of halogens is 2. The van der Waals surface area contributed by atoms with E-state index in [2.05, 4.69) is 60.5 Å². The number of rotatable bonds is 5. The van der Waals surface area contributed by atoms with Crippen LogP contribution in [0.4, 0.5) is 0 Å². The highest BCUT2D eigenvalue weighted by Gasteiger charge is 2.30. The summed E-state index contributed by atoms with van der Waals surface area (Å²) in [6, 6.07) is 13.4. The fourth-order valence-electron chi connectivity index (χ4n) is 3.77. The van der Waals surface area contributed by atoms with E-state index in [4.69, 9.17) is 4.74 Å². The average molecular weight is 385 g/mol. The van der Waals surface area contributed by atoms with Crippen molar-refractivity contribution >= 4 is 35.6 Å². The topological polar surface area (TPSA) is 24.5 Å². The normalized spacial score (nSPS) is 17.2. The molecule has 3 rings (SSSR count). The van der Waals surface area contributed by atoms with E-state index in [-0.39, 0.29) is 24.8 Å². The van der Waals surface area contributed by atoms with Gasteiger partial charge in [0.05, 0.1) is 7.11 Å². The zero-order valence-electron chi connectivity index (χ0n) is 15.3. The van der Waals surface area contributed by atoms with Crippen LogP contribution in [0.3, 0.4) is 0 Å². The summed E-state index contributed by atoms with van der Waals surface area (Å²) in [6.45, 7) is 8.99. The lowest BCUT2D eigenvalue weighted by molar-refractivity contribution is 0.127. The number of nitrogens with zero attached hydrogens (tertiary/aromatic N) is 1. The Morgan fingerprint density at radius 3 is 2.40 bits per heavy atom. The molecule has 0 saturated carbocycles. The van der Waals surface area contributed by atoms with Crippen LogP contribution in [0.2, 0.25) is 0 Å². The highest BCUT2D eigenvalue weighted by atomic mass is 35.5. The number of benzene rings is 2. The van der Waals surface area contributed by atoms with Gasteiger partial charge in [0.2, 0.25) is 0 Å². The van der Waals surface area contributed by atoms with Gasteiger partial charge in [-0.15, -0.1) is 24.8 Å². The molecule has 0 aromatic heterocycles. The van der Waals surface area contributed by atoms with Crippen LogP contribution in [-0.2, 0) is 0 Å². The standard InChI is InChI=1S/C20H28N2O.2ClH/c1-4-15(2)20(22-13-11-21-12-14-22)19-17-8-6-5-7-16(17)9-10-18(19)23-3;;/h5-10,15,20-21H,4,11-14H2,1-3H3;2*1H/t15?,20-;;/m0../s1. The molecule has 2 aromatic carbocycles. The summed E-state index contributed by atoms with van der Waals surface area (Å²) < 4.78 is 5.78. The van der Waals surface area contributed by atoms with Gasteiger partial charge in [0.15, 0.2) is 0 Å². The van der Waals surface area contributed by atoms with Crippen LogP contribution in [0.5, 0.6) is 5.75 Å². The molecule has 2 aromatic rings. The van der Waals surface area contributed by atoms with Gasteiger partial charge in [-0.05, 0) is 22.8 Å². The van der Waals surface area contributed by atoms with Gasteiger partial charge in [-0.1, -0.05) is 50.6 Å². The maximum absolute atomic E-state index is 5.78. The summed E-state index contributed by atoms with van der Waals surface area (Å²) in [6.07, 6.45) is 1.17. The van der Waals surface area contributed by atoms with Gasteiger partial charge in [-0.2, -0.15) is 0 Å². The average Bonchev–Trinajstić information content (AvgIpc) is 2.62. The lowest BCUT2D eigenvalue weighted by Crippen LogP contribution is -2.46. The van der Waals surface area contributed by atoms with E-state index in [1.807, 2.05) is 0 Å². The largest absolute Gasteiger partial charge is 0.496 e. The Kier molecular flexibility index (Phi) is 9.01. The monoisotopic (exact) mass is 384 g/mol. The molecule has 140 valence electrons. The van der Waals surface area contributed by atoms with Gasteiger partial charge in [-0.3, -0.25) is 4.90 Å². The molecule has 0 spiro atoms. The van der Waals surface area contributed by atoms with E-state index in [0.29, 0.717) is 12.0 Å². The number of nitrogens with one attached hydrogen (secondary N) is 1. The Morgan fingerprint density at radius 1 is 1.08 bits per heavy atom. The molecule has 0 bridgehead atoms. The van der Waals surface area contributed by atoms with Crippen molar-refractivity contribution in [1.29, 1.82) is 0 Å². The summed E-state index contributed by atoms with van der Waals surface area (Å²) in [5.41, 5.74) is 1.36. The van der Waals surface area contributed by atoms with Crippen LogP contribution in [-0.4, -0.2) is 38.2 Å². The van der Waals surface area contributed by atoms with E-state index < -0.39 is 0 Å². The molecule has 2 atom stereocenters. The molecule has 0 radical (unpaired) electrons. The molecule has 1 unspecified atom stereocenters. The zero-order chi connectivity index (χ0) is 16.2. The number of ether oxygens (including phenoxy) is 1. The molecule has 25 heavy (non-hydrogen) atoms. The van der Waals surface area contributed by atoms with E-state index in [1.54, 1.807) is 7.11 Å². The van der Waals surface area contributed by atoms with Crippen LogP contribution >= 0.6 is 24.8 Å². The molecule has 1 aliphatic heterocycles. The Balaban J connectivity index is 0.00000156. The lowest BCUT2D eigenvalue weighted by Gasteiger charge is -2.39. The van der Waals surface area contributed by atoms with Crippen LogP contribution < -0.4 is 10.1 Å². The SMILES string of the molecule is CCC(C)[C@@H](c1c(OC)ccc2ccccc12)N1CCNCC1.Cl.Cl. The second kappa shape index (κ2) is 10.2. The van der Waals surface area contributed by atoms with Crippen molar-refractivity contribution in [3.8, 4) is 5.75 Å². The second-order valence-corrected chi connectivity index (χ2v) is 6.52. The quantitative estimate of drug-likeness (QED) is 0.809. The zero-order valence-corrected chi connectivity index (χ0v) is 17.0. The summed E-state index contributed by atoms with van der Waals surface area (Å²) in [7, 11) is 1.79. The molecule has 1 heterocycles. The molecule has 3 nitrogen and oxygen atoms in total. The van der Waals surface area contributed by atoms with E-state index in [9.17, 15) is 0 Å². The first-order valence-corrected chi connectivity index (χ1v) is 8.76. The number of piperazine rings is 1. The molecule has 0 aliphatic carbocycles. The molecule has 1 fully saturated rings. The van der Waals surface area contributed by atoms with Gasteiger partial charge in [0, 0.05) is 37.8 Å². The van der Waals surface area contributed by atoms with E-state index in [1.165, 1.54) is 22.8 Å². The molecular weight excluding hydrogens is 355 g/mol.